The average Bonchev–Trinajstić information content (AvgIpc) is 3.03. The molecule has 0 aliphatic heterocycles. The first kappa shape index (κ1) is 21.6. The minimum atomic E-state index is -3.19. The minimum absolute atomic E-state index is 0.175. The van der Waals surface area contributed by atoms with Crippen molar-refractivity contribution in [2.45, 2.75) is 26.6 Å². The lowest BCUT2D eigenvalue weighted by atomic mass is 10.1. The molecular formula is C22H22F2N3O3P. The molecule has 31 heavy (non-hydrogen) atoms. The Kier molecular flexibility index (Phi) is 6.14. The number of hydrogen-bond acceptors (Lipinski definition) is 5. The van der Waals surface area contributed by atoms with Gasteiger partial charge in [0.1, 0.15) is 23.5 Å². The van der Waals surface area contributed by atoms with Crippen LogP contribution in [0.4, 0.5) is 8.78 Å². The highest BCUT2D eigenvalue weighted by molar-refractivity contribution is 7.53. The van der Waals surface area contributed by atoms with Gasteiger partial charge in [0.2, 0.25) is 0 Å². The summed E-state index contributed by atoms with van der Waals surface area (Å²) in [6, 6.07) is 9.63. The van der Waals surface area contributed by atoms with E-state index in [1.165, 1.54) is 12.4 Å². The van der Waals surface area contributed by atoms with Crippen molar-refractivity contribution >= 4 is 29.5 Å². The van der Waals surface area contributed by atoms with Crippen LogP contribution in [0.2, 0.25) is 0 Å². The number of hydrogen-bond donors (Lipinski definition) is 0. The second kappa shape index (κ2) is 8.83. The molecule has 4 rings (SSSR count). The van der Waals surface area contributed by atoms with Gasteiger partial charge < -0.3 is 13.6 Å². The van der Waals surface area contributed by atoms with Gasteiger partial charge in [-0.3, -0.25) is 4.57 Å². The van der Waals surface area contributed by atoms with Crippen molar-refractivity contribution in [3.05, 3.63) is 71.7 Å². The summed E-state index contributed by atoms with van der Waals surface area (Å²) in [6.45, 7) is 4.52. The van der Waals surface area contributed by atoms with Crippen LogP contribution in [0, 0.1) is 11.6 Å². The van der Waals surface area contributed by atoms with E-state index in [1.54, 1.807) is 24.6 Å². The van der Waals surface area contributed by atoms with Gasteiger partial charge in [0.15, 0.2) is 0 Å². The predicted molar refractivity (Wildman–Crippen MR) is 115 cm³/mol. The Bertz CT molecular complexity index is 1260. The van der Waals surface area contributed by atoms with Gasteiger partial charge in [-0.15, -0.1) is 0 Å². The Balaban J connectivity index is 1.68. The maximum Gasteiger partial charge on any atom is 0.335 e. The lowest BCUT2D eigenvalue weighted by Crippen LogP contribution is -2.02. The largest absolute Gasteiger partial charge is 0.335 e. The molecule has 0 fully saturated rings. The molecule has 0 saturated carbocycles. The Morgan fingerprint density at radius 3 is 2.35 bits per heavy atom. The van der Waals surface area contributed by atoms with Crippen molar-refractivity contribution in [3.63, 3.8) is 0 Å². The molecule has 0 N–H and O–H groups in total. The van der Waals surface area contributed by atoms with Gasteiger partial charge in [0.25, 0.3) is 0 Å². The summed E-state index contributed by atoms with van der Waals surface area (Å²) in [6.07, 6.45) is 3.11. The van der Waals surface area contributed by atoms with Crippen LogP contribution >= 0.6 is 7.60 Å². The first-order valence-electron chi connectivity index (χ1n) is 9.97. The molecule has 0 bridgehead atoms. The van der Waals surface area contributed by atoms with E-state index in [2.05, 4.69) is 9.97 Å². The second-order valence-corrected chi connectivity index (χ2v) is 9.10. The van der Waals surface area contributed by atoms with Gasteiger partial charge in [-0.2, -0.15) is 0 Å². The van der Waals surface area contributed by atoms with Crippen LogP contribution in [-0.4, -0.2) is 27.7 Å². The van der Waals surface area contributed by atoms with Crippen molar-refractivity contribution in [1.29, 1.82) is 0 Å². The summed E-state index contributed by atoms with van der Waals surface area (Å²) in [5, 5.41) is 0.268. The normalized spacial score (nSPS) is 12.1. The smallest absolute Gasteiger partial charge is 0.333 e. The molecule has 2 heterocycles. The van der Waals surface area contributed by atoms with Crippen molar-refractivity contribution in [2.24, 2.45) is 0 Å². The lowest BCUT2D eigenvalue weighted by molar-refractivity contribution is 0.219. The monoisotopic (exact) mass is 445 g/mol. The molecule has 0 atom stereocenters. The molecule has 0 amide bonds. The number of nitrogens with zero attached hydrogens (tertiary/aromatic N) is 3. The van der Waals surface area contributed by atoms with Crippen LogP contribution < -0.4 is 0 Å². The molecule has 9 heteroatoms. The molecule has 2 aromatic heterocycles. The summed E-state index contributed by atoms with van der Waals surface area (Å²) in [5.74, 6) is -1.31. The number of aromatic nitrogens is 3. The Hall–Kier alpha value is -2.67. The maximum absolute atomic E-state index is 14.5. The van der Waals surface area contributed by atoms with Gasteiger partial charge in [-0.1, -0.05) is 24.3 Å². The van der Waals surface area contributed by atoms with Crippen LogP contribution in [0.5, 0.6) is 0 Å². The zero-order valence-corrected chi connectivity index (χ0v) is 18.1. The zero-order chi connectivity index (χ0) is 22.0. The highest BCUT2D eigenvalue weighted by atomic mass is 31.2. The number of halogens is 2. The van der Waals surface area contributed by atoms with Crippen LogP contribution in [-0.2, 0) is 26.3 Å². The van der Waals surface area contributed by atoms with Crippen molar-refractivity contribution < 1.29 is 22.4 Å². The lowest BCUT2D eigenvalue weighted by Gasteiger charge is -2.17. The predicted octanol–water partition coefficient (Wildman–Crippen LogP) is 5.68. The summed E-state index contributed by atoms with van der Waals surface area (Å²) >= 11 is 0. The first-order valence-corrected chi connectivity index (χ1v) is 11.7. The molecular weight excluding hydrogens is 423 g/mol. The summed E-state index contributed by atoms with van der Waals surface area (Å²) in [5.41, 5.74) is 3.18. The van der Waals surface area contributed by atoms with E-state index in [0.29, 0.717) is 36.3 Å². The van der Waals surface area contributed by atoms with E-state index in [0.717, 1.165) is 17.2 Å². The standard InChI is InChI=1S/C22H22F2N3O3P/c1-3-29-31(28,30-4-2)13-16-7-5-15(6-8-16)12-27-19-10-17(23)9-18(24)21(19)22-20(27)11-25-14-26-22/h5-11,14H,3-4,12-13H2,1-2H3. The maximum atomic E-state index is 14.5. The highest BCUT2D eigenvalue weighted by Crippen LogP contribution is 2.51. The van der Waals surface area contributed by atoms with Crippen LogP contribution in [0.1, 0.15) is 25.0 Å². The summed E-state index contributed by atoms with van der Waals surface area (Å²) in [7, 11) is -3.19. The van der Waals surface area contributed by atoms with Gasteiger partial charge in [-0.05, 0) is 31.0 Å². The van der Waals surface area contributed by atoms with Crippen molar-refractivity contribution in [1.82, 2.24) is 14.5 Å². The Morgan fingerprint density at radius 2 is 1.68 bits per heavy atom. The van der Waals surface area contributed by atoms with E-state index in [-0.39, 0.29) is 11.5 Å². The van der Waals surface area contributed by atoms with Crippen molar-refractivity contribution in [3.8, 4) is 0 Å². The number of fused-ring (bicyclic) bond motifs is 3. The molecule has 6 nitrogen and oxygen atoms in total. The molecule has 162 valence electrons. The molecule has 0 aliphatic rings. The fraction of sp³-hybridized carbons (Fsp3) is 0.273. The summed E-state index contributed by atoms with van der Waals surface area (Å²) < 4.78 is 53.7. The zero-order valence-electron chi connectivity index (χ0n) is 17.2. The molecule has 0 spiro atoms. The molecule has 2 aromatic carbocycles. The fourth-order valence-electron chi connectivity index (χ4n) is 3.70. The third-order valence-corrected chi connectivity index (χ3v) is 6.99. The van der Waals surface area contributed by atoms with Gasteiger partial charge in [0.05, 0.1) is 42.0 Å². The van der Waals surface area contributed by atoms with Crippen LogP contribution in [0.15, 0.2) is 48.9 Å². The SMILES string of the molecule is CCOP(=O)(Cc1ccc(Cn2c3cncnc3c3c(F)cc(F)cc32)cc1)OCC. The average molecular weight is 445 g/mol. The van der Waals surface area contributed by atoms with E-state index in [1.807, 2.05) is 24.3 Å². The van der Waals surface area contributed by atoms with Gasteiger partial charge >= 0.3 is 7.60 Å². The van der Waals surface area contributed by atoms with E-state index in [9.17, 15) is 13.3 Å². The van der Waals surface area contributed by atoms with Crippen LogP contribution in [0.25, 0.3) is 21.9 Å². The third-order valence-electron chi connectivity index (χ3n) is 4.94. The fourth-order valence-corrected chi connectivity index (χ4v) is 5.40. The summed E-state index contributed by atoms with van der Waals surface area (Å²) in [4.78, 5) is 8.24. The third kappa shape index (κ3) is 4.37. The van der Waals surface area contributed by atoms with Crippen molar-refractivity contribution in [2.75, 3.05) is 13.2 Å². The molecule has 0 saturated heterocycles. The highest BCUT2D eigenvalue weighted by Gasteiger charge is 2.24. The van der Waals surface area contributed by atoms with Gasteiger partial charge in [-0.25, -0.2) is 18.7 Å². The number of benzene rings is 2. The Labute approximate surface area is 178 Å². The quantitative estimate of drug-likeness (QED) is 0.327. The molecule has 4 aromatic rings. The van der Waals surface area contributed by atoms with Gasteiger partial charge in [0, 0.05) is 12.6 Å². The molecule has 0 radical (unpaired) electrons. The Morgan fingerprint density at radius 1 is 1.00 bits per heavy atom. The minimum Gasteiger partial charge on any atom is -0.333 e. The van der Waals surface area contributed by atoms with Crippen LogP contribution in [0.3, 0.4) is 0 Å². The van der Waals surface area contributed by atoms with E-state index >= 15 is 0 Å². The van der Waals surface area contributed by atoms with E-state index < -0.39 is 19.2 Å². The molecule has 0 aliphatic carbocycles. The first-order chi connectivity index (χ1) is 14.9. The topological polar surface area (TPSA) is 66.2 Å². The number of rotatable bonds is 8. The second-order valence-electron chi connectivity index (χ2n) is 7.05. The van der Waals surface area contributed by atoms with E-state index in [4.69, 9.17) is 9.05 Å². The molecule has 0 unspecified atom stereocenters.